The summed E-state index contributed by atoms with van der Waals surface area (Å²) < 4.78 is 12.0. The molecule has 1 aromatic carbocycles. The second-order valence-corrected chi connectivity index (χ2v) is 6.10. The van der Waals surface area contributed by atoms with Gasteiger partial charge in [0.15, 0.2) is 0 Å². The lowest BCUT2D eigenvalue weighted by atomic mass is 9.77. The first-order valence-electron chi connectivity index (χ1n) is 6.80. The van der Waals surface area contributed by atoms with Gasteiger partial charge in [0.25, 0.3) is 0 Å². The highest BCUT2D eigenvalue weighted by Gasteiger charge is 2.52. The smallest absolute Gasteiger partial charge is 0.491 e. The molecule has 1 heterocycles. The number of rotatable bonds is 3. The topological polar surface area (TPSA) is 64.7 Å². The minimum absolute atomic E-state index is 0.243. The lowest BCUT2D eigenvalue weighted by Gasteiger charge is -2.32. The van der Waals surface area contributed by atoms with Crippen LogP contribution in [0.3, 0.4) is 0 Å². The van der Waals surface area contributed by atoms with Crippen LogP contribution in [0.25, 0.3) is 6.08 Å². The Morgan fingerprint density at radius 3 is 2.10 bits per heavy atom. The molecule has 0 saturated carbocycles. The molecule has 0 unspecified atom stereocenters. The Morgan fingerprint density at radius 1 is 1.15 bits per heavy atom. The first-order chi connectivity index (χ1) is 9.25. The lowest BCUT2D eigenvalue weighted by molar-refractivity contribution is 0.00578. The molecule has 1 aliphatic heterocycles. The van der Waals surface area contributed by atoms with Gasteiger partial charge < -0.3 is 20.1 Å². The average molecular weight is 275 g/mol. The maximum absolute atomic E-state index is 9.30. The van der Waals surface area contributed by atoms with Gasteiger partial charge in [0.2, 0.25) is 0 Å². The van der Waals surface area contributed by atoms with E-state index in [1.165, 1.54) is 0 Å². The number of benzene rings is 1. The van der Waals surface area contributed by atoms with Crippen LogP contribution < -0.4 is 5.73 Å². The number of aromatic hydroxyl groups is 1. The highest BCUT2D eigenvalue weighted by Crippen LogP contribution is 2.38. The van der Waals surface area contributed by atoms with Crippen LogP contribution in [-0.2, 0) is 9.31 Å². The maximum Gasteiger partial charge on any atom is 0.491 e. The summed E-state index contributed by atoms with van der Waals surface area (Å²) >= 11 is 0. The van der Waals surface area contributed by atoms with Crippen molar-refractivity contribution in [1.29, 1.82) is 0 Å². The van der Waals surface area contributed by atoms with Crippen LogP contribution in [0.1, 0.15) is 33.3 Å². The molecule has 5 heteroatoms. The third-order valence-electron chi connectivity index (χ3n) is 4.04. The minimum Gasteiger partial charge on any atom is -0.508 e. The van der Waals surface area contributed by atoms with E-state index >= 15 is 0 Å². The number of hydrogen-bond acceptors (Lipinski definition) is 4. The van der Waals surface area contributed by atoms with Crippen LogP contribution in [0.4, 0.5) is 0 Å². The summed E-state index contributed by atoms with van der Waals surface area (Å²) in [6.45, 7) is 8.42. The van der Waals surface area contributed by atoms with E-state index in [9.17, 15) is 5.11 Å². The van der Waals surface area contributed by atoms with Crippen molar-refractivity contribution in [3.63, 3.8) is 0 Å². The van der Waals surface area contributed by atoms with Crippen molar-refractivity contribution in [1.82, 2.24) is 0 Å². The summed E-state index contributed by atoms with van der Waals surface area (Å²) in [6.07, 6.45) is 1.95. The van der Waals surface area contributed by atoms with E-state index < -0.39 is 7.12 Å². The predicted molar refractivity (Wildman–Crippen MR) is 81.2 cm³/mol. The molecule has 108 valence electrons. The fourth-order valence-electron chi connectivity index (χ4n) is 2.00. The van der Waals surface area contributed by atoms with Gasteiger partial charge in [0.05, 0.1) is 11.2 Å². The second-order valence-electron chi connectivity index (χ2n) is 6.10. The molecule has 1 fully saturated rings. The molecule has 1 saturated heterocycles. The summed E-state index contributed by atoms with van der Waals surface area (Å²) in [5.74, 6) is 0.243. The highest BCUT2D eigenvalue weighted by molar-refractivity contribution is 6.55. The van der Waals surface area contributed by atoms with Crippen LogP contribution >= 0.6 is 0 Å². The fraction of sp³-hybridized carbons (Fsp3) is 0.467. The zero-order valence-corrected chi connectivity index (χ0v) is 12.5. The Kier molecular flexibility index (Phi) is 3.96. The number of phenolic OH excluding ortho intramolecular Hbond substituents is 1. The first-order valence-corrected chi connectivity index (χ1v) is 6.80. The van der Waals surface area contributed by atoms with E-state index in [-0.39, 0.29) is 17.0 Å². The van der Waals surface area contributed by atoms with E-state index in [0.29, 0.717) is 6.54 Å². The third kappa shape index (κ3) is 2.90. The van der Waals surface area contributed by atoms with Crippen LogP contribution in [0.15, 0.2) is 29.7 Å². The number of hydrogen-bond donors (Lipinski definition) is 2. The fourth-order valence-corrected chi connectivity index (χ4v) is 2.00. The molecule has 0 aromatic heterocycles. The molecule has 1 aromatic rings. The Labute approximate surface area is 120 Å². The molecular formula is C15H22BNO3. The van der Waals surface area contributed by atoms with Gasteiger partial charge >= 0.3 is 7.12 Å². The normalized spacial score (nSPS) is 21.2. The summed E-state index contributed by atoms with van der Waals surface area (Å²) in [7, 11) is -0.432. The summed E-state index contributed by atoms with van der Waals surface area (Å²) in [5.41, 5.74) is 6.92. The summed E-state index contributed by atoms with van der Waals surface area (Å²) in [5, 5.41) is 9.30. The largest absolute Gasteiger partial charge is 0.508 e. The Bertz CT molecular complexity index is 492. The molecule has 0 bridgehead atoms. The van der Waals surface area contributed by atoms with Gasteiger partial charge in [-0.15, -0.1) is 0 Å². The molecule has 0 spiro atoms. The van der Waals surface area contributed by atoms with E-state index in [4.69, 9.17) is 15.0 Å². The quantitative estimate of drug-likeness (QED) is 0.831. The molecule has 0 amide bonds. The van der Waals surface area contributed by atoms with Gasteiger partial charge in [-0.2, -0.15) is 0 Å². The lowest BCUT2D eigenvalue weighted by Crippen LogP contribution is -2.41. The standard InChI is InChI=1S/C15H22BNO3/c1-14(2)15(3,4)20-16(19-14)12(10-17)9-11-5-7-13(18)8-6-11/h5-9,18H,10,17H2,1-4H3. The van der Waals surface area contributed by atoms with Crippen molar-refractivity contribution in [2.45, 2.75) is 38.9 Å². The van der Waals surface area contributed by atoms with Gasteiger partial charge in [0.1, 0.15) is 5.75 Å². The van der Waals surface area contributed by atoms with Crippen molar-refractivity contribution in [2.24, 2.45) is 5.73 Å². The number of phenols is 1. The summed E-state index contributed by atoms with van der Waals surface area (Å²) in [4.78, 5) is 0. The van der Waals surface area contributed by atoms with Crippen LogP contribution in [0, 0.1) is 0 Å². The van der Waals surface area contributed by atoms with E-state index in [2.05, 4.69) is 0 Å². The van der Waals surface area contributed by atoms with Gasteiger partial charge in [-0.1, -0.05) is 18.2 Å². The molecule has 1 aliphatic rings. The zero-order valence-electron chi connectivity index (χ0n) is 12.5. The Morgan fingerprint density at radius 2 is 1.65 bits per heavy atom. The van der Waals surface area contributed by atoms with Crippen molar-refractivity contribution >= 4 is 13.2 Å². The molecule has 0 aliphatic carbocycles. The van der Waals surface area contributed by atoms with Crippen LogP contribution in [0.5, 0.6) is 5.75 Å². The molecule has 3 N–H and O–H groups in total. The maximum atomic E-state index is 9.30. The molecular weight excluding hydrogens is 253 g/mol. The van der Waals surface area contributed by atoms with Gasteiger partial charge in [-0.25, -0.2) is 0 Å². The molecule has 0 radical (unpaired) electrons. The molecule has 4 nitrogen and oxygen atoms in total. The Balaban J connectivity index is 2.24. The van der Waals surface area contributed by atoms with E-state index in [1.807, 2.05) is 45.9 Å². The average Bonchev–Trinajstić information content (AvgIpc) is 2.57. The third-order valence-corrected chi connectivity index (χ3v) is 4.04. The zero-order chi connectivity index (χ0) is 15.0. The van der Waals surface area contributed by atoms with E-state index in [0.717, 1.165) is 11.0 Å². The second kappa shape index (κ2) is 5.24. The highest BCUT2D eigenvalue weighted by atomic mass is 16.7. The van der Waals surface area contributed by atoms with Crippen LogP contribution in [0.2, 0.25) is 0 Å². The van der Waals surface area contributed by atoms with Gasteiger partial charge in [-0.05, 0) is 50.9 Å². The minimum atomic E-state index is -0.432. The molecule has 20 heavy (non-hydrogen) atoms. The first kappa shape index (κ1) is 15.1. The van der Waals surface area contributed by atoms with E-state index in [1.54, 1.807) is 12.1 Å². The van der Waals surface area contributed by atoms with Gasteiger partial charge in [0, 0.05) is 6.54 Å². The number of nitrogens with two attached hydrogens (primary N) is 1. The van der Waals surface area contributed by atoms with Crippen molar-refractivity contribution < 1.29 is 14.4 Å². The van der Waals surface area contributed by atoms with Crippen molar-refractivity contribution in [3.8, 4) is 5.75 Å². The monoisotopic (exact) mass is 275 g/mol. The molecule has 2 rings (SSSR count). The predicted octanol–water partition coefficient (Wildman–Crippen LogP) is 2.37. The van der Waals surface area contributed by atoms with Crippen molar-refractivity contribution in [2.75, 3.05) is 6.54 Å². The molecule has 0 atom stereocenters. The summed E-state index contributed by atoms with van der Waals surface area (Å²) in [6, 6.07) is 6.95. The van der Waals surface area contributed by atoms with Crippen molar-refractivity contribution in [3.05, 3.63) is 35.3 Å². The van der Waals surface area contributed by atoms with Crippen LogP contribution in [-0.4, -0.2) is 30.0 Å². The van der Waals surface area contributed by atoms with Gasteiger partial charge in [-0.3, -0.25) is 0 Å². The Hall–Kier alpha value is -1.30. The SMILES string of the molecule is CC1(C)OB(C(=Cc2ccc(O)cc2)CN)OC1(C)C.